The quantitative estimate of drug-likeness (QED) is 0.157. The highest BCUT2D eigenvalue weighted by atomic mass is 35.5. The molecule has 0 saturated carbocycles. The Kier molecular flexibility index (Phi) is 12.0. The molecule has 192 valence electrons. The number of carbonyl (C=O) groups is 4. The van der Waals surface area contributed by atoms with Crippen LogP contribution in [0.3, 0.4) is 0 Å². The Hall–Kier alpha value is -2.10. The van der Waals surface area contributed by atoms with Crippen molar-refractivity contribution in [2.75, 3.05) is 29.7 Å². The van der Waals surface area contributed by atoms with Crippen LogP contribution in [0.4, 0.5) is 10.1 Å². The third kappa shape index (κ3) is 7.95. The Morgan fingerprint density at radius 2 is 1.77 bits per heavy atom. The maximum Gasteiger partial charge on any atom is 0.334 e. The summed E-state index contributed by atoms with van der Waals surface area (Å²) >= 11 is 12.9. The number of imide groups is 1. The molecule has 7 nitrogen and oxygen atoms in total. The minimum Gasteiger partial charge on any atom is -0.465 e. The molecule has 1 aliphatic rings. The zero-order chi connectivity index (χ0) is 26.0. The zero-order valence-corrected chi connectivity index (χ0v) is 22.0. The topological polar surface area (TPSA) is 90.0 Å². The highest BCUT2D eigenvalue weighted by Crippen LogP contribution is 2.36. The van der Waals surface area contributed by atoms with Crippen molar-refractivity contribution in [1.29, 1.82) is 0 Å². The van der Waals surface area contributed by atoms with Crippen LogP contribution in [0, 0.1) is 5.82 Å². The van der Waals surface area contributed by atoms with Gasteiger partial charge in [-0.2, -0.15) is 0 Å². The summed E-state index contributed by atoms with van der Waals surface area (Å²) in [4.78, 5) is 51.5. The summed E-state index contributed by atoms with van der Waals surface area (Å²) in [7, 11) is 0. The van der Waals surface area contributed by atoms with E-state index >= 15 is 4.39 Å². The molecule has 35 heavy (non-hydrogen) atoms. The van der Waals surface area contributed by atoms with Crippen molar-refractivity contribution in [1.82, 2.24) is 0 Å². The lowest BCUT2D eigenvalue weighted by Gasteiger charge is -2.26. The van der Waals surface area contributed by atoms with Gasteiger partial charge < -0.3 is 9.47 Å². The smallest absolute Gasteiger partial charge is 0.334 e. The van der Waals surface area contributed by atoms with E-state index in [4.69, 9.17) is 32.7 Å². The van der Waals surface area contributed by atoms with Gasteiger partial charge in [-0.05, 0) is 51.2 Å². The molecule has 11 heteroatoms. The fourth-order valence-corrected chi connectivity index (χ4v) is 4.63. The van der Waals surface area contributed by atoms with Crippen molar-refractivity contribution in [3.8, 4) is 0 Å². The van der Waals surface area contributed by atoms with Crippen LogP contribution < -0.4 is 4.90 Å². The normalized spacial score (nSPS) is 13.4. The Morgan fingerprint density at radius 1 is 1.09 bits per heavy atom. The molecule has 0 atom stereocenters. The summed E-state index contributed by atoms with van der Waals surface area (Å²) in [5.74, 6) is -4.43. The van der Waals surface area contributed by atoms with Gasteiger partial charge >= 0.3 is 11.9 Å². The van der Waals surface area contributed by atoms with Crippen molar-refractivity contribution in [3.05, 3.63) is 34.1 Å². The molecule has 0 radical (unpaired) electrons. The van der Waals surface area contributed by atoms with Crippen LogP contribution in [-0.4, -0.2) is 48.6 Å². The molecule has 1 aliphatic carbocycles. The van der Waals surface area contributed by atoms with Gasteiger partial charge in [0.25, 0.3) is 5.91 Å². The number of alkyl halides is 1. The van der Waals surface area contributed by atoms with E-state index in [0.29, 0.717) is 30.8 Å². The molecule has 2 amide bonds. The van der Waals surface area contributed by atoms with Crippen LogP contribution in [0.2, 0.25) is 5.02 Å². The molecule has 1 aromatic rings. The molecule has 0 aromatic heterocycles. The molecule has 0 saturated heterocycles. The van der Waals surface area contributed by atoms with E-state index < -0.39 is 35.5 Å². The number of hydrogen-bond acceptors (Lipinski definition) is 7. The van der Waals surface area contributed by atoms with E-state index in [2.05, 4.69) is 0 Å². The minimum atomic E-state index is -0.925. The Bertz CT molecular complexity index is 1000. The summed E-state index contributed by atoms with van der Waals surface area (Å²) in [5, 5.41) is 0.00687. The number of esters is 2. The van der Waals surface area contributed by atoms with Crippen LogP contribution in [0.1, 0.15) is 52.4 Å². The number of thioether (sulfide) groups is 1. The third-order valence-corrected chi connectivity index (χ3v) is 6.85. The van der Waals surface area contributed by atoms with Crippen molar-refractivity contribution in [2.45, 2.75) is 57.3 Å². The number of anilines is 1. The summed E-state index contributed by atoms with van der Waals surface area (Å²) < 4.78 is 25.2. The lowest BCUT2D eigenvalue weighted by molar-refractivity contribution is -0.140. The fraction of sp³-hybridized carbons (Fsp3) is 0.500. The first-order valence-electron chi connectivity index (χ1n) is 11.3. The van der Waals surface area contributed by atoms with Gasteiger partial charge in [-0.1, -0.05) is 24.9 Å². The molecule has 0 spiro atoms. The highest BCUT2D eigenvalue weighted by molar-refractivity contribution is 8.00. The van der Waals surface area contributed by atoms with Crippen molar-refractivity contribution in [2.24, 2.45) is 0 Å². The van der Waals surface area contributed by atoms with Gasteiger partial charge in [-0.3, -0.25) is 14.4 Å². The van der Waals surface area contributed by atoms with E-state index in [1.165, 1.54) is 6.07 Å². The first-order valence-corrected chi connectivity index (χ1v) is 13.2. The summed E-state index contributed by atoms with van der Waals surface area (Å²) in [6.45, 7) is 4.04. The van der Waals surface area contributed by atoms with E-state index in [1.54, 1.807) is 6.92 Å². The molecule has 0 aliphatic heterocycles. The Balaban J connectivity index is 2.41. The van der Waals surface area contributed by atoms with Gasteiger partial charge in [0, 0.05) is 16.0 Å². The number of halogens is 3. The van der Waals surface area contributed by atoms with E-state index in [9.17, 15) is 19.2 Å². The summed E-state index contributed by atoms with van der Waals surface area (Å²) in [5.41, 5.74) is -0.0985. The predicted molar refractivity (Wildman–Crippen MR) is 133 cm³/mol. The monoisotopic (exact) mass is 547 g/mol. The average molecular weight is 548 g/mol. The van der Waals surface area contributed by atoms with Crippen LogP contribution in [0.25, 0.3) is 0 Å². The summed E-state index contributed by atoms with van der Waals surface area (Å²) in [6.07, 6.45) is 3.46. The van der Waals surface area contributed by atoms with E-state index in [1.807, 2.05) is 6.92 Å². The van der Waals surface area contributed by atoms with Crippen LogP contribution >= 0.6 is 35.0 Å². The highest BCUT2D eigenvalue weighted by Gasteiger charge is 2.33. The van der Waals surface area contributed by atoms with E-state index in [-0.39, 0.29) is 45.5 Å². The van der Waals surface area contributed by atoms with Gasteiger partial charge in [-0.15, -0.1) is 23.4 Å². The molecule has 0 heterocycles. The molecule has 0 bridgehead atoms. The molecule has 0 N–H and O–H groups in total. The van der Waals surface area contributed by atoms with Crippen LogP contribution in [-0.2, 0) is 28.7 Å². The largest absolute Gasteiger partial charge is 0.465 e. The van der Waals surface area contributed by atoms with Gasteiger partial charge in [0.1, 0.15) is 11.7 Å². The summed E-state index contributed by atoms with van der Waals surface area (Å²) in [6, 6.07) is 2.18. The maximum absolute atomic E-state index is 15.0. The number of unbranched alkanes of at least 4 members (excludes halogenated alkanes) is 1. The molecule has 0 fully saturated rings. The van der Waals surface area contributed by atoms with E-state index in [0.717, 1.165) is 30.7 Å². The van der Waals surface area contributed by atoms with Crippen LogP contribution in [0.5, 0.6) is 0 Å². The maximum atomic E-state index is 15.0. The van der Waals surface area contributed by atoms with Gasteiger partial charge in [0.2, 0.25) is 5.91 Å². The zero-order valence-electron chi connectivity index (χ0n) is 19.7. The SMILES string of the molecule is CCCCOC(=O)CSc1cc(N(C(=O)CCl)C(=O)C2=C(C(=O)OCC)CCCC2)c(F)cc1Cl. The Labute approximate surface area is 218 Å². The second-order valence-corrected chi connectivity index (χ2v) is 9.34. The number of amides is 2. The Morgan fingerprint density at radius 3 is 2.40 bits per heavy atom. The molecular formula is C24H28Cl2FNO6S. The molecule has 2 rings (SSSR count). The molecule has 0 unspecified atom stereocenters. The van der Waals surface area contributed by atoms with Gasteiger partial charge in [0.15, 0.2) is 0 Å². The average Bonchev–Trinajstić information content (AvgIpc) is 2.84. The van der Waals surface area contributed by atoms with Crippen molar-refractivity contribution >= 4 is 64.4 Å². The fourth-order valence-electron chi connectivity index (χ4n) is 3.45. The van der Waals surface area contributed by atoms with Crippen molar-refractivity contribution in [3.63, 3.8) is 0 Å². The number of benzene rings is 1. The lowest BCUT2D eigenvalue weighted by Crippen LogP contribution is -2.40. The van der Waals surface area contributed by atoms with Crippen molar-refractivity contribution < 1.29 is 33.0 Å². The molecule has 1 aromatic carbocycles. The van der Waals surface area contributed by atoms with Gasteiger partial charge in [0.05, 0.1) is 29.7 Å². The number of carbonyl (C=O) groups excluding carboxylic acids is 4. The first kappa shape index (κ1) is 29.1. The lowest BCUT2D eigenvalue weighted by atomic mass is 9.90. The second kappa shape index (κ2) is 14.5. The first-order chi connectivity index (χ1) is 16.7. The predicted octanol–water partition coefficient (Wildman–Crippen LogP) is 5.45. The minimum absolute atomic E-state index is 0.00687. The number of rotatable bonds is 11. The van der Waals surface area contributed by atoms with Gasteiger partial charge in [-0.25, -0.2) is 14.1 Å². The van der Waals surface area contributed by atoms with Crippen LogP contribution in [0.15, 0.2) is 28.2 Å². The number of nitrogens with zero attached hydrogens (tertiary/aromatic N) is 1. The molecular weight excluding hydrogens is 520 g/mol. The third-order valence-electron chi connectivity index (χ3n) is 5.16. The standard InChI is InChI=1S/C24H28Cl2FNO6S/c1-3-5-10-34-22(30)14-35-20-12-19(18(27)11-17(20)26)28(21(29)13-25)23(31)15-8-6-7-9-16(15)24(32)33-4-2/h11-12H,3-10,13-14H2,1-2H3. The second-order valence-electron chi connectivity index (χ2n) is 7.65. The number of hydrogen-bond donors (Lipinski definition) is 0. The number of ether oxygens (including phenoxy) is 2.